The summed E-state index contributed by atoms with van der Waals surface area (Å²) >= 11 is 0. The van der Waals surface area contributed by atoms with Crippen molar-refractivity contribution in [1.29, 1.82) is 0 Å². The van der Waals surface area contributed by atoms with E-state index in [-0.39, 0.29) is 10.6 Å². The Morgan fingerprint density at radius 3 is 2.32 bits per heavy atom. The third kappa shape index (κ3) is 4.52. The van der Waals surface area contributed by atoms with Crippen LogP contribution in [0.1, 0.15) is 5.56 Å². The van der Waals surface area contributed by atoms with E-state index in [1.165, 1.54) is 0 Å². The number of nitrogens with zero attached hydrogens (tertiary/aromatic N) is 2. The summed E-state index contributed by atoms with van der Waals surface area (Å²) in [5.74, 6) is 1.09. The summed E-state index contributed by atoms with van der Waals surface area (Å²) in [6.45, 7) is 0.640. The van der Waals surface area contributed by atoms with E-state index < -0.39 is 10.1 Å². The molecule has 0 fully saturated rings. The van der Waals surface area contributed by atoms with Gasteiger partial charge in [-0.2, -0.15) is 8.42 Å². The number of nitrogens with one attached hydrogen (secondary N) is 1. The molecule has 0 aliphatic rings. The van der Waals surface area contributed by atoms with Crippen LogP contribution in [0, 0.1) is 0 Å². The summed E-state index contributed by atoms with van der Waals surface area (Å²) < 4.78 is 33.7. The van der Waals surface area contributed by atoms with Gasteiger partial charge >= 0.3 is 10.1 Å². The monoisotopic (exact) mass is 505 g/mol. The number of benzene rings is 4. The Bertz CT molecular complexity index is 1810. The van der Waals surface area contributed by atoms with Gasteiger partial charge in [-0.1, -0.05) is 72.8 Å². The van der Waals surface area contributed by atoms with Crippen LogP contribution in [-0.2, 0) is 16.7 Å². The number of anilines is 1. The van der Waals surface area contributed by atoms with Gasteiger partial charge in [-0.3, -0.25) is 4.40 Å². The second-order valence-electron chi connectivity index (χ2n) is 8.62. The third-order valence-corrected chi connectivity index (χ3v) is 7.49. The van der Waals surface area contributed by atoms with Crippen molar-refractivity contribution in [3.63, 3.8) is 0 Å². The van der Waals surface area contributed by atoms with E-state index in [1.807, 2.05) is 83.4 Å². The van der Waals surface area contributed by atoms with E-state index in [2.05, 4.69) is 17.4 Å². The van der Waals surface area contributed by atoms with E-state index in [1.54, 1.807) is 30.3 Å². The second kappa shape index (κ2) is 9.44. The molecule has 1 N–H and O–H groups in total. The van der Waals surface area contributed by atoms with Crippen LogP contribution >= 0.6 is 0 Å². The van der Waals surface area contributed by atoms with Crippen molar-refractivity contribution in [2.45, 2.75) is 11.4 Å². The molecule has 4 aromatic carbocycles. The molecular weight excluding hydrogens is 482 g/mol. The Morgan fingerprint density at radius 2 is 1.49 bits per heavy atom. The molecule has 2 heterocycles. The molecule has 6 nitrogen and oxygen atoms in total. The standard InChI is InChI=1S/C30H23N3O3S/c34-37(35,27-14-8-12-23-11-4-5-13-26(23)27)36-25-18-16-24(17-19-25)29-30(31-21-22-9-2-1-3-10-22)33-20-7-6-15-28(33)32-29/h1-20,31H,21H2. The van der Waals surface area contributed by atoms with Gasteiger partial charge in [-0.15, -0.1) is 0 Å². The number of aromatic nitrogens is 2. The van der Waals surface area contributed by atoms with E-state index in [0.717, 1.165) is 33.7 Å². The lowest BCUT2D eigenvalue weighted by Gasteiger charge is -2.11. The first kappa shape index (κ1) is 22.8. The fourth-order valence-electron chi connectivity index (χ4n) is 4.40. The lowest BCUT2D eigenvalue weighted by Crippen LogP contribution is -2.10. The number of fused-ring (bicyclic) bond motifs is 2. The molecule has 0 aliphatic heterocycles. The summed E-state index contributed by atoms with van der Waals surface area (Å²) in [5, 5.41) is 4.98. The number of rotatable bonds is 7. The summed E-state index contributed by atoms with van der Waals surface area (Å²) in [5.41, 5.74) is 3.58. The van der Waals surface area contributed by atoms with E-state index in [4.69, 9.17) is 9.17 Å². The molecular formula is C30H23N3O3S. The maximum absolute atomic E-state index is 13.1. The Kier molecular flexibility index (Phi) is 5.82. The van der Waals surface area contributed by atoms with E-state index in [9.17, 15) is 8.42 Å². The second-order valence-corrected chi connectivity index (χ2v) is 10.1. The molecule has 2 aromatic heterocycles. The highest BCUT2D eigenvalue weighted by atomic mass is 32.2. The normalized spacial score (nSPS) is 11.6. The van der Waals surface area contributed by atoms with Crippen LogP contribution in [0.2, 0.25) is 0 Å². The minimum absolute atomic E-state index is 0.141. The molecule has 0 radical (unpaired) electrons. The quantitative estimate of drug-likeness (QED) is 0.250. The van der Waals surface area contributed by atoms with Crippen LogP contribution in [0.15, 0.2) is 126 Å². The van der Waals surface area contributed by atoms with Crippen molar-refractivity contribution in [3.8, 4) is 17.0 Å². The van der Waals surface area contributed by atoms with Gasteiger partial charge < -0.3 is 9.50 Å². The molecule has 0 saturated carbocycles. The number of hydrogen-bond acceptors (Lipinski definition) is 5. The zero-order valence-electron chi connectivity index (χ0n) is 19.8. The first-order valence-corrected chi connectivity index (χ1v) is 13.3. The third-order valence-electron chi connectivity index (χ3n) is 6.19. The molecule has 0 bridgehead atoms. The molecule has 0 amide bonds. The van der Waals surface area contributed by atoms with Crippen LogP contribution in [0.4, 0.5) is 5.82 Å². The maximum Gasteiger partial charge on any atom is 0.339 e. The van der Waals surface area contributed by atoms with Gasteiger partial charge in [-0.05, 0) is 53.4 Å². The lowest BCUT2D eigenvalue weighted by molar-refractivity contribution is 0.487. The highest BCUT2D eigenvalue weighted by Crippen LogP contribution is 2.32. The molecule has 182 valence electrons. The van der Waals surface area contributed by atoms with Crippen molar-refractivity contribution in [2.24, 2.45) is 0 Å². The minimum atomic E-state index is -4.02. The number of hydrogen-bond donors (Lipinski definition) is 1. The van der Waals surface area contributed by atoms with Crippen LogP contribution in [0.25, 0.3) is 27.7 Å². The zero-order valence-corrected chi connectivity index (χ0v) is 20.6. The average molecular weight is 506 g/mol. The Labute approximate surface area is 214 Å². The number of pyridine rings is 1. The highest BCUT2D eigenvalue weighted by Gasteiger charge is 2.20. The predicted molar refractivity (Wildman–Crippen MR) is 146 cm³/mol. The van der Waals surface area contributed by atoms with Crippen LogP contribution in [0.5, 0.6) is 5.75 Å². The largest absolute Gasteiger partial charge is 0.379 e. The fraction of sp³-hybridized carbons (Fsp3) is 0.0333. The molecule has 7 heteroatoms. The average Bonchev–Trinajstić information content (AvgIpc) is 3.31. The van der Waals surface area contributed by atoms with Crippen molar-refractivity contribution in [3.05, 3.63) is 127 Å². The highest BCUT2D eigenvalue weighted by molar-refractivity contribution is 7.87. The van der Waals surface area contributed by atoms with Crippen molar-refractivity contribution < 1.29 is 12.6 Å². The van der Waals surface area contributed by atoms with Crippen LogP contribution < -0.4 is 9.50 Å². The van der Waals surface area contributed by atoms with Crippen LogP contribution in [0.3, 0.4) is 0 Å². The summed E-state index contributed by atoms with van der Waals surface area (Å²) in [6, 6.07) is 35.5. The Hall–Kier alpha value is -4.62. The van der Waals surface area contributed by atoms with Gasteiger partial charge in [0.1, 0.15) is 27.8 Å². The van der Waals surface area contributed by atoms with Crippen molar-refractivity contribution in [1.82, 2.24) is 9.38 Å². The number of imidazole rings is 1. The first-order chi connectivity index (χ1) is 18.1. The van der Waals surface area contributed by atoms with Gasteiger partial charge in [0.15, 0.2) is 0 Å². The Morgan fingerprint density at radius 1 is 0.757 bits per heavy atom. The van der Waals surface area contributed by atoms with Gasteiger partial charge in [0.25, 0.3) is 0 Å². The summed E-state index contributed by atoms with van der Waals surface area (Å²) in [6.07, 6.45) is 1.97. The predicted octanol–water partition coefficient (Wildman–Crippen LogP) is 6.53. The van der Waals surface area contributed by atoms with Crippen molar-refractivity contribution in [2.75, 3.05) is 5.32 Å². The molecule has 0 atom stereocenters. The molecule has 0 unspecified atom stereocenters. The van der Waals surface area contributed by atoms with Gasteiger partial charge in [0.2, 0.25) is 0 Å². The van der Waals surface area contributed by atoms with Gasteiger partial charge in [-0.25, -0.2) is 4.98 Å². The van der Waals surface area contributed by atoms with E-state index in [0.29, 0.717) is 11.9 Å². The Balaban J connectivity index is 1.30. The molecule has 37 heavy (non-hydrogen) atoms. The fourth-order valence-corrected chi connectivity index (χ4v) is 5.56. The minimum Gasteiger partial charge on any atom is -0.379 e. The zero-order chi connectivity index (χ0) is 25.2. The maximum atomic E-state index is 13.1. The molecule has 6 rings (SSSR count). The first-order valence-electron chi connectivity index (χ1n) is 11.9. The van der Waals surface area contributed by atoms with Gasteiger partial charge in [0.05, 0.1) is 0 Å². The topological polar surface area (TPSA) is 72.7 Å². The lowest BCUT2D eigenvalue weighted by atomic mass is 10.1. The van der Waals surface area contributed by atoms with Crippen LogP contribution in [-0.4, -0.2) is 17.8 Å². The molecule has 6 aromatic rings. The molecule has 0 spiro atoms. The van der Waals surface area contributed by atoms with E-state index >= 15 is 0 Å². The smallest absolute Gasteiger partial charge is 0.339 e. The SMILES string of the molecule is O=S(=O)(Oc1ccc(-c2nc3ccccn3c2NCc2ccccc2)cc1)c1cccc2ccccc12. The summed E-state index contributed by atoms with van der Waals surface area (Å²) in [4.78, 5) is 4.96. The summed E-state index contributed by atoms with van der Waals surface area (Å²) in [7, 11) is -4.02. The molecule has 0 aliphatic carbocycles. The molecule has 0 saturated heterocycles. The van der Waals surface area contributed by atoms with Crippen molar-refractivity contribution >= 4 is 32.4 Å². The van der Waals surface area contributed by atoms with Gasteiger partial charge in [0, 0.05) is 23.7 Å².